The van der Waals surface area contributed by atoms with Crippen molar-refractivity contribution in [2.75, 3.05) is 33.2 Å². The molecule has 1 aliphatic rings. The molecule has 0 radical (unpaired) electrons. The van der Waals surface area contributed by atoms with Crippen molar-refractivity contribution in [3.8, 4) is 5.75 Å². The first-order chi connectivity index (χ1) is 9.38. The number of aryl methyl sites for hydroxylation is 1. The second kappa shape index (κ2) is 5.83. The molecule has 0 atom stereocenters. The summed E-state index contributed by atoms with van der Waals surface area (Å²) in [4.78, 5) is 16.7. The monoisotopic (exact) mass is 276 g/mol. The molecule has 0 unspecified atom stereocenters. The first-order valence-electron chi connectivity index (χ1n) is 7.12. The van der Waals surface area contributed by atoms with Crippen molar-refractivity contribution in [2.45, 2.75) is 26.4 Å². The first kappa shape index (κ1) is 14.9. The molecule has 20 heavy (non-hydrogen) atoms. The summed E-state index contributed by atoms with van der Waals surface area (Å²) >= 11 is 0. The van der Waals surface area contributed by atoms with Gasteiger partial charge in [0.15, 0.2) is 5.60 Å². The Bertz CT molecular complexity index is 460. The minimum absolute atomic E-state index is 0.0613. The lowest BCUT2D eigenvalue weighted by Gasteiger charge is -2.37. The Morgan fingerprint density at radius 2 is 1.65 bits per heavy atom. The maximum Gasteiger partial charge on any atom is 0.266 e. The van der Waals surface area contributed by atoms with Crippen LogP contribution >= 0.6 is 0 Å². The van der Waals surface area contributed by atoms with Gasteiger partial charge in [0.2, 0.25) is 0 Å². The van der Waals surface area contributed by atoms with Crippen molar-refractivity contribution < 1.29 is 9.53 Å². The molecule has 1 saturated heterocycles. The Morgan fingerprint density at radius 1 is 1.10 bits per heavy atom. The number of carbonyl (C=O) groups is 1. The summed E-state index contributed by atoms with van der Waals surface area (Å²) in [6.45, 7) is 9.11. The van der Waals surface area contributed by atoms with Crippen molar-refractivity contribution in [3.63, 3.8) is 0 Å². The Kier molecular flexibility index (Phi) is 4.33. The molecule has 4 nitrogen and oxygen atoms in total. The Morgan fingerprint density at radius 3 is 2.20 bits per heavy atom. The summed E-state index contributed by atoms with van der Waals surface area (Å²) in [6, 6.07) is 7.81. The average Bonchev–Trinajstić information content (AvgIpc) is 2.41. The molecule has 1 aromatic carbocycles. The summed E-state index contributed by atoms with van der Waals surface area (Å²) in [6.07, 6.45) is 0. The molecule has 0 saturated carbocycles. The van der Waals surface area contributed by atoms with E-state index in [1.807, 2.05) is 49.9 Å². The van der Waals surface area contributed by atoms with Crippen LogP contribution < -0.4 is 4.74 Å². The summed E-state index contributed by atoms with van der Waals surface area (Å²) in [5.74, 6) is 0.800. The van der Waals surface area contributed by atoms with E-state index in [-0.39, 0.29) is 5.91 Å². The molecule has 4 heteroatoms. The zero-order chi connectivity index (χ0) is 14.8. The van der Waals surface area contributed by atoms with Crippen LogP contribution in [-0.4, -0.2) is 54.5 Å². The van der Waals surface area contributed by atoms with Gasteiger partial charge in [-0.05, 0) is 40.0 Å². The molecule has 2 rings (SSSR count). The van der Waals surface area contributed by atoms with Gasteiger partial charge in [0.25, 0.3) is 5.91 Å². The highest BCUT2D eigenvalue weighted by atomic mass is 16.5. The van der Waals surface area contributed by atoms with E-state index in [9.17, 15) is 4.79 Å². The second-order valence-electron chi connectivity index (χ2n) is 6.02. The quantitative estimate of drug-likeness (QED) is 0.845. The van der Waals surface area contributed by atoms with E-state index in [1.165, 1.54) is 5.56 Å². The zero-order valence-electron chi connectivity index (χ0n) is 12.8. The second-order valence-corrected chi connectivity index (χ2v) is 6.02. The van der Waals surface area contributed by atoms with Crippen LogP contribution in [0.3, 0.4) is 0 Å². The van der Waals surface area contributed by atoms with Gasteiger partial charge in [-0.15, -0.1) is 0 Å². The SMILES string of the molecule is Cc1ccc(OC(C)(C)C(=O)N2CCN(C)CC2)cc1. The molecule has 1 heterocycles. The van der Waals surface area contributed by atoms with Crippen LogP contribution in [0.2, 0.25) is 0 Å². The fraction of sp³-hybridized carbons (Fsp3) is 0.562. The number of rotatable bonds is 3. The molecule has 0 N–H and O–H groups in total. The van der Waals surface area contributed by atoms with Crippen LogP contribution in [-0.2, 0) is 4.79 Å². The van der Waals surface area contributed by atoms with E-state index in [0.717, 1.165) is 31.9 Å². The van der Waals surface area contributed by atoms with Crippen molar-refractivity contribution in [1.82, 2.24) is 9.80 Å². The third-order valence-corrected chi connectivity index (χ3v) is 3.70. The zero-order valence-corrected chi connectivity index (χ0v) is 12.8. The van der Waals surface area contributed by atoms with Gasteiger partial charge in [0.05, 0.1) is 0 Å². The molecular formula is C16H24N2O2. The molecule has 0 aliphatic carbocycles. The minimum atomic E-state index is -0.828. The van der Waals surface area contributed by atoms with Gasteiger partial charge >= 0.3 is 0 Å². The Hall–Kier alpha value is -1.55. The number of carbonyl (C=O) groups excluding carboxylic acids is 1. The maximum atomic E-state index is 12.6. The van der Waals surface area contributed by atoms with Crippen molar-refractivity contribution in [3.05, 3.63) is 29.8 Å². The molecule has 1 aliphatic heterocycles. The highest BCUT2D eigenvalue weighted by molar-refractivity contribution is 5.85. The predicted molar refractivity (Wildman–Crippen MR) is 80.0 cm³/mol. The summed E-state index contributed by atoms with van der Waals surface area (Å²) in [7, 11) is 2.08. The maximum absolute atomic E-state index is 12.6. The van der Waals surface area contributed by atoms with E-state index in [0.29, 0.717) is 0 Å². The van der Waals surface area contributed by atoms with Crippen LogP contribution in [0.1, 0.15) is 19.4 Å². The molecule has 1 fully saturated rings. The van der Waals surface area contributed by atoms with Crippen molar-refractivity contribution in [1.29, 1.82) is 0 Å². The molecule has 1 aromatic rings. The average molecular weight is 276 g/mol. The Balaban J connectivity index is 2.01. The summed E-state index contributed by atoms with van der Waals surface area (Å²) < 4.78 is 5.89. The van der Waals surface area contributed by atoms with E-state index >= 15 is 0 Å². The lowest BCUT2D eigenvalue weighted by atomic mass is 10.1. The number of hydrogen-bond acceptors (Lipinski definition) is 3. The van der Waals surface area contributed by atoms with Crippen LogP contribution in [0.15, 0.2) is 24.3 Å². The van der Waals surface area contributed by atoms with E-state index in [2.05, 4.69) is 11.9 Å². The van der Waals surface area contributed by atoms with E-state index in [4.69, 9.17) is 4.74 Å². The minimum Gasteiger partial charge on any atom is -0.478 e. The number of amides is 1. The largest absolute Gasteiger partial charge is 0.478 e. The van der Waals surface area contributed by atoms with E-state index in [1.54, 1.807) is 0 Å². The van der Waals surface area contributed by atoms with Crippen LogP contribution in [0.4, 0.5) is 0 Å². The molecular weight excluding hydrogens is 252 g/mol. The number of piperazine rings is 1. The molecule has 110 valence electrons. The molecule has 1 amide bonds. The van der Waals surface area contributed by atoms with Gasteiger partial charge in [-0.3, -0.25) is 4.79 Å². The molecule has 0 bridgehead atoms. The third kappa shape index (κ3) is 3.51. The number of ether oxygens (including phenoxy) is 1. The smallest absolute Gasteiger partial charge is 0.266 e. The number of nitrogens with zero attached hydrogens (tertiary/aromatic N) is 2. The topological polar surface area (TPSA) is 32.8 Å². The van der Waals surface area contributed by atoms with E-state index < -0.39 is 5.60 Å². The van der Waals surface area contributed by atoms with Gasteiger partial charge in [-0.2, -0.15) is 0 Å². The fourth-order valence-electron chi connectivity index (χ4n) is 2.33. The number of hydrogen-bond donors (Lipinski definition) is 0. The lowest BCUT2D eigenvalue weighted by Crippen LogP contribution is -2.55. The van der Waals surface area contributed by atoms with Gasteiger partial charge < -0.3 is 14.5 Å². The predicted octanol–water partition coefficient (Wildman–Crippen LogP) is 1.93. The summed E-state index contributed by atoms with van der Waals surface area (Å²) in [5.41, 5.74) is 0.353. The van der Waals surface area contributed by atoms with Crippen molar-refractivity contribution in [2.24, 2.45) is 0 Å². The van der Waals surface area contributed by atoms with Crippen molar-refractivity contribution >= 4 is 5.91 Å². The normalized spacial score (nSPS) is 17.1. The molecule has 0 aromatic heterocycles. The standard InChI is InChI=1S/C16H24N2O2/c1-13-5-7-14(8-6-13)20-16(2,3)15(19)18-11-9-17(4)10-12-18/h5-8H,9-12H2,1-4H3. The Labute approximate surface area is 121 Å². The van der Waals surface area contributed by atoms with Gasteiger partial charge in [0, 0.05) is 26.2 Å². The highest BCUT2D eigenvalue weighted by Crippen LogP contribution is 2.21. The van der Waals surface area contributed by atoms with Gasteiger partial charge in [0.1, 0.15) is 5.75 Å². The molecule has 0 spiro atoms. The van der Waals surface area contributed by atoms with Crippen LogP contribution in [0.25, 0.3) is 0 Å². The van der Waals surface area contributed by atoms with Crippen LogP contribution in [0, 0.1) is 6.92 Å². The first-order valence-corrected chi connectivity index (χ1v) is 7.12. The third-order valence-electron chi connectivity index (χ3n) is 3.70. The highest BCUT2D eigenvalue weighted by Gasteiger charge is 2.35. The lowest BCUT2D eigenvalue weighted by molar-refractivity contribution is -0.147. The van der Waals surface area contributed by atoms with Crippen LogP contribution in [0.5, 0.6) is 5.75 Å². The van der Waals surface area contributed by atoms with Gasteiger partial charge in [-0.1, -0.05) is 17.7 Å². The fourth-order valence-corrected chi connectivity index (χ4v) is 2.33. The van der Waals surface area contributed by atoms with Gasteiger partial charge in [-0.25, -0.2) is 0 Å². The number of benzene rings is 1. The number of likely N-dealkylation sites (N-methyl/N-ethyl adjacent to an activating group) is 1. The summed E-state index contributed by atoms with van der Waals surface area (Å²) in [5, 5.41) is 0.